The van der Waals surface area contributed by atoms with Crippen molar-refractivity contribution in [1.82, 2.24) is 14.9 Å². The number of benzene rings is 2. The van der Waals surface area contributed by atoms with E-state index in [1.165, 1.54) is 24.3 Å². The van der Waals surface area contributed by atoms with Gasteiger partial charge in [0, 0.05) is 18.7 Å². The maximum absolute atomic E-state index is 12.4. The maximum atomic E-state index is 12.4. The van der Waals surface area contributed by atoms with Crippen molar-refractivity contribution in [1.29, 1.82) is 0 Å². The number of aromatic nitrogens is 2. The molecular weight excluding hydrogens is 412 g/mol. The van der Waals surface area contributed by atoms with Crippen LogP contribution in [0.3, 0.4) is 0 Å². The Morgan fingerprint density at radius 2 is 1.59 bits per heavy atom. The molecule has 9 heteroatoms. The second-order valence-corrected chi connectivity index (χ2v) is 7.45. The fourth-order valence-corrected chi connectivity index (χ4v) is 2.99. The van der Waals surface area contributed by atoms with Crippen molar-refractivity contribution in [3.8, 4) is 5.75 Å². The molecule has 0 aliphatic carbocycles. The van der Waals surface area contributed by atoms with Gasteiger partial charge in [-0.1, -0.05) is 24.3 Å². The molecule has 166 valence electrons. The van der Waals surface area contributed by atoms with E-state index < -0.39 is 16.0 Å². The van der Waals surface area contributed by atoms with Crippen LogP contribution < -0.4 is 26.6 Å². The predicted octanol–water partition coefficient (Wildman–Crippen LogP) is 0.960. The van der Waals surface area contributed by atoms with Gasteiger partial charge in [-0.25, -0.2) is 0 Å². The average molecular weight is 436 g/mol. The number of nitro groups is 1. The normalized spacial score (nSPS) is 12.3. The first-order chi connectivity index (χ1) is 15.3. The van der Waals surface area contributed by atoms with Crippen molar-refractivity contribution in [3.63, 3.8) is 0 Å². The third kappa shape index (κ3) is 6.26. The van der Waals surface area contributed by atoms with Gasteiger partial charge in [-0.05, 0) is 55.9 Å². The summed E-state index contributed by atoms with van der Waals surface area (Å²) < 4.78 is 5.69. The molecule has 0 atom stereocenters. The highest BCUT2D eigenvalue weighted by Gasteiger charge is 2.05. The Balaban J connectivity index is 1.82. The Kier molecular flexibility index (Phi) is 7.35. The van der Waals surface area contributed by atoms with E-state index in [2.05, 4.69) is 14.9 Å². The third-order valence-electron chi connectivity index (χ3n) is 4.59. The predicted molar refractivity (Wildman–Crippen MR) is 122 cm³/mol. The van der Waals surface area contributed by atoms with E-state index in [1.807, 2.05) is 14.1 Å². The van der Waals surface area contributed by atoms with Gasteiger partial charge in [-0.15, -0.1) is 0 Å². The molecule has 0 radical (unpaired) electrons. The molecular formula is C23H24N4O5. The molecule has 0 bridgehead atoms. The van der Waals surface area contributed by atoms with Gasteiger partial charge in [-0.2, -0.15) is 0 Å². The second-order valence-electron chi connectivity index (χ2n) is 7.45. The third-order valence-corrected chi connectivity index (χ3v) is 4.59. The zero-order chi connectivity index (χ0) is 23.1. The quantitative estimate of drug-likeness (QED) is 0.308. The van der Waals surface area contributed by atoms with Gasteiger partial charge in [0.25, 0.3) is 16.8 Å². The topological polar surface area (TPSA) is 121 Å². The fourth-order valence-electron chi connectivity index (χ4n) is 2.99. The molecule has 0 saturated carbocycles. The van der Waals surface area contributed by atoms with Crippen LogP contribution in [0.1, 0.15) is 17.5 Å². The van der Waals surface area contributed by atoms with Crippen LogP contribution in [0.2, 0.25) is 0 Å². The van der Waals surface area contributed by atoms with Gasteiger partial charge in [0.2, 0.25) is 0 Å². The van der Waals surface area contributed by atoms with Crippen LogP contribution in [-0.4, -0.2) is 47.0 Å². The molecule has 1 heterocycles. The van der Waals surface area contributed by atoms with Gasteiger partial charge in [-0.3, -0.25) is 19.7 Å². The molecule has 32 heavy (non-hydrogen) atoms. The highest BCUT2D eigenvalue weighted by atomic mass is 16.6. The van der Waals surface area contributed by atoms with E-state index >= 15 is 0 Å². The lowest BCUT2D eigenvalue weighted by atomic mass is 10.2. The van der Waals surface area contributed by atoms with Crippen molar-refractivity contribution in [2.45, 2.75) is 6.42 Å². The number of non-ortho nitro benzene ring substituents is 1. The summed E-state index contributed by atoms with van der Waals surface area (Å²) in [6, 6.07) is 13.0. The summed E-state index contributed by atoms with van der Waals surface area (Å²) in [7, 11) is 4.02. The summed E-state index contributed by atoms with van der Waals surface area (Å²) in [4.78, 5) is 42.4. The van der Waals surface area contributed by atoms with E-state index in [4.69, 9.17) is 4.74 Å². The summed E-state index contributed by atoms with van der Waals surface area (Å²) in [5, 5.41) is 11.0. The highest BCUT2D eigenvalue weighted by Crippen LogP contribution is 2.13. The first-order valence-electron chi connectivity index (χ1n) is 10.00. The molecule has 0 saturated heterocycles. The Hall–Kier alpha value is -3.98. The van der Waals surface area contributed by atoms with Crippen LogP contribution in [0.15, 0.2) is 58.1 Å². The van der Waals surface area contributed by atoms with E-state index in [0.29, 0.717) is 12.2 Å². The van der Waals surface area contributed by atoms with Gasteiger partial charge in [0.1, 0.15) is 16.4 Å². The fraction of sp³-hybridized carbons (Fsp3) is 0.217. The largest absolute Gasteiger partial charge is 0.494 e. The number of ether oxygens (including phenoxy) is 1. The minimum Gasteiger partial charge on any atom is -0.494 e. The van der Waals surface area contributed by atoms with E-state index in [9.17, 15) is 19.7 Å². The molecule has 0 unspecified atom stereocenters. The number of hydrogen-bond donors (Lipinski definition) is 2. The van der Waals surface area contributed by atoms with Gasteiger partial charge < -0.3 is 19.6 Å². The average Bonchev–Trinajstić information content (AvgIpc) is 2.76. The van der Waals surface area contributed by atoms with E-state index in [1.54, 1.807) is 36.4 Å². The van der Waals surface area contributed by atoms with Crippen LogP contribution >= 0.6 is 0 Å². The first kappa shape index (κ1) is 22.7. The Labute approximate surface area is 183 Å². The highest BCUT2D eigenvalue weighted by molar-refractivity contribution is 5.53. The lowest BCUT2D eigenvalue weighted by Gasteiger charge is -2.10. The summed E-state index contributed by atoms with van der Waals surface area (Å²) in [6.45, 7) is 1.55. The standard InChI is InChI=1S/C23H24N4O5/c1-26(2)11-4-12-32-19-9-7-16(8-10-19)14-20-22(28)25-21(23(29)24-20)15-17-5-3-6-18(13-17)27(30)31/h3,5-10,13-15H,4,11-12H2,1-2H3,(H,24,29)(H,25,28). The molecule has 2 N–H and O–H groups in total. The van der Waals surface area contributed by atoms with Crippen LogP contribution in [-0.2, 0) is 0 Å². The molecule has 1 aromatic heterocycles. The zero-order valence-electron chi connectivity index (χ0n) is 17.8. The monoisotopic (exact) mass is 436 g/mol. The van der Waals surface area contributed by atoms with E-state index in [-0.39, 0.29) is 16.4 Å². The van der Waals surface area contributed by atoms with Gasteiger partial charge in [0.05, 0.1) is 11.5 Å². The summed E-state index contributed by atoms with van der Waals surface area (Å²) in [6.07, 6.45) is 3.86. The molecule has 0 amide bonds. The van der Waals surface area contributed by atoms with Crippen molar-refractivity contribution in [3.05, 3.63) is 101 Å². The van der Waals surface area contributed by atoms with Gasteiger partial charge >= 0.3 is 0 Å². The van der Waals surface area contributed by atoms with Crippen molar-refractivity contribution >= 4 is 17.8 Å². The molecule has 0 spiro atoms. The maximum Gasteiger partial charge on any atom is 0.272 e. The number of nitro benzene ring substituents is 1. The minimum atomic E-state index is -0.525. The molecule has 3 rings (SSSR count). The molecule has 0 fully saturated rings. The van der Waals surface area contributed by atoms with Crippen LogP contribution in [0.25, 0.3) is 12.2 Å². The lowest BCUT2D eigenvalue weighted by Crippen LogP contribution is -2.46. The van der Waals surface area contributed by atoms with Gasteiger partial charge in [0.15, 0.2) is 0 Å². The van der Waals surface area contributed by atoms with Crippen LogP contribution in [0.5, 0.6) is 5.75 Å². The number of rotatable bonds is 8. The Morgan fingerprint density at radius 3 is 2.19 bits per heavy atom. The summed E-state index contributed by atoms with van der Waals surface area (Å²) >= 11 is 0. The molecule has 9 nitrogen and oxygen atoms in total. The second kappa shape index (κ2) is 10.4. The van der Waals surface area contributed by atoms with Crippen LogP contribution in [0.4, 0.5) is 5.69 Å². The minimum absolute atomic E-state index is 0.00844. The van der Waals surface area contributed by atoms with Crippen LogP contribution in [0, 0.1) is 10.1 Å². The number of hydrogen-bond acceptors (Lipinski definition) is 6. The molecule has 0 aliphatic heterocycles. The Morgan fingerprint density at radius 1 is 0.969 bits per heavy atom. The SMILES string of the molecule is CN(C)CCCOc1ccc(C=c2[nH]c(=O)c(=Cc3cccc([N+](=O)[O-])c3)[nH]c2=O)cc1. The molecule has 2 aromatic carbocycles. The van der Waals surface area contributed by atoms with Crippen molar-refractivity contribution < 1.29 is 9.66 Å². The number of nitrogens with zero attached hydrogens (tertiary/aromatic N) is 2. The van der Waals surface area contributed by atoms with Crippen molar-refractivity contribution in [2.75, 3.05) is 27.2 Å². The molecule has 0 aliphatic rings. The van der Waals surface area contributed by atoms with Crippen molar-refractivity contribution in [2.24, 2.45) is 0 Å². The zero-order valence-corrected chi connectivity index (χ0v) is 17.8. The smallest absolute Gasteiger partial charge is 0.272 e. The first-order valence-corrected chi connectivity index (χ1v) is 10.00. The summed E-state index contributed by atoms with van der Waals surface area (Å²) in [5.41, 5.74) is 0.0570. The number of aromatic amines is 2. The van der Waals surface area contributed by atoms with E-state index in [0.717, 1.165) is 24.3 Å². The number of nitrogens with one attached hydrogen (secondary N) is 2. The summed E-state index contributed by atoms with van der Waals surface area (Å²) in [5.74, 6) is 0.727. The number of H-pyrrole nitrogens is 2. The lowest BCUT2D eigenvalue weighted by molar-refractivity contribution is -0.384. The molecule has 3 aromatic rings. The Bertz CT molecular complexity index is 1320.